The molecule has 0 unspecified atom stereocenters. The van der Waals surface area contributed by atoms with E-state index in [0.717, 1.165) is 16.7 Å². The molecule has 0 spiro atoms. The Morgan fingerprint density at radius 1 is 0.349 bits per heavy atom. The highest BCUT2D eigenvalue weighted by molar-refractivity contribution is 5.42. The summed E-state index contributed by atoms with van der Waals surface area (Å²) in [6, 6.07) is 22.6. The van der Waals surface area contributed by atoms with E-state index in [0.29, 0.717) is 104 Å². The maximum atomic E-state index is 5.92. The normalized spacial score (nSPS) is 11.1. The second-order valence-electron chi connectivity index (χ2n) is 10.2. The number of benzene rings is 3. The van der Waals surface area contributed by atoms with E-state index in [2.05, 4.69) is 62.4 Å². The van der Waals surface area contributed by atoms with Gasteiger partial charge >= 0.3 is 0 Å². The van der Waals surface area contributed by atoms with Crippen LogP contribution in [0.25, 0.3) is 0 Å². The third-order valence-electron chi connectivity index (χ3n) is 6.34. The molecule has 8 nitrogen and oxygen atoms in total. The van der Waals surface area contributed by atoms with Gasteiger partial charge in [0.25, 0.3) is 0 Å². The number of aryl methyl sites for hydroxylation is 3. The summed E-state index contributed by atoms with van der Waals surface area (Å²) in [4.78, 5) is 0. The first kappa shape index (κ1) is 34.5. The molecule has 3 rings (SSSR count). The first-order chi connectivity index (χ1) is 21.1. The minimum atomic E-state index is 0.418. The molecule has 0 N–H and O–H groups in total. The summed E-state index contributed by atoms with van der Waals surface area (Å²) in [5.41, 5.74) is 5.92. The highest BCUT2D eigenvalue weighted by atomic mass is 16.6. The third-order valence-corrected chi connectivity index (χ3v) is 6.34. The minimum absolute atomic E-state index is 0.418. The van der Waals surface area contributed by atoms with Gasteiger partial charge in [0.1, 0.15) is 13.2 Å². The van der Waals surface area contributed by atoms with E-state index in [4.69, 9.17) is 37.9 Å². The molecule has 0 saturated carbocycles. The maximum absolute atomic E-state index is 5.92. The molecular formula is C35H48O8. The minimum Gasteiger partial charge on any atom is -0.487 e. The molecule has 3 aromatic carbocycles. The molecule has 0 saturated heterocycles. The van der Waals surface area contributed by atoms with Gasteiger partial charge in [0.05, 0.1) is 79.3 Å². The van der Waals surface area contributed by atoms with Gasteiger partial charge in [-0.1, -0.05) is 65.7 Å². The van der Waals surface area contributed by atoms with Gasteiger partial charge in [0.2, 0.25) is 0 Å². The first-order valence-electron chi connectivity index (χ1n) is 15.0. The molecule has 0 heterocycles. The molecule has 43 heavy (non-hydrogen) atoms. The Kier molecular flexibility index (Phi) is 17.4. The molecule has 0 amide bonds. The van der Waals surface area contributed by atoms with E-state index in [1.807, 2.05) is 25.1 Å². The van der Waals surface area contributed by atoms with Crippen LogP contribution in [0, 0.1) is 20.8 Å². The first-order valence-corrected chi connectivity index (χ1v) is 15.0. The summed E-state index contributed by atoms with van der Waals surface area (Å²) in [5, 5.41) is 0. The summed E-state index contributed by atoms with van der Waals surface area (Å²) in [6.45, 7) is 13.3. The second kappa shape index (κ2) is 21.7. The van der Waals surface area contributed by atoms with Crippen molar-refractivity contribution in [3.05, 3.63) is 94.5 Å². The van der Waals surface area contributed by atoms with E-state index in [1.54, 1.807) is 0 Å². The fourth-order valence-electron chi connectivity index (χ4n) is 3.90. The number of hydrogen-bond donors (Lipinski definition) is 0. The van der Waals surface area contributed by atoms with Gasteiger partial charge in [0, 0.05) is 0 Å². The summed E-state index contributed by atoms with van der Waals surface area (Å²) in [7, 11) is 0. The van der Waals surface area contributed by atoms with Crippen LogP contribution in [-0.2, 0) is 41.6 Å². The summed E-state index contributed by atoms with van der Waals surface area (Å²) < 4.78 is 45.5. The Morgan fingerprint density at radius 2 is 0.698 bits per heavy atom. The molecule has 236 valence electrons. The van der Waals surface area contributed by atoms with Crippen molar-refractivity contribution in [2.75, 3.05) is 79.3 Å². The van der Waals surface area contributed by atoms with E-state index >= 15 is 0 Å². The smallest absolute Gasteiger partial charge is 0.161 e. The van der Waals surface area contributed by atoms with Crippen molar-refractivity contribution in [3.8, 4) is 11.5 Å². The van der Waals surface area contributed by atoms with Gasteiger partial charge in [-0.3, -0.25) is 0 Å². The average molecular weight is 597 g/mol. The van der Waals surface area contributed by atoms with Gasteiger partial charge in [-0.15, -0.1) is 0 Å². The van der Waals surface area contributed by atoms with Crippen molar-refractivity contribution >= 4 is 0 Å². The summed E-state index contributed by atoms with van der Waals surface area (Å²) in [6.07, 6.45) is 0. The third kappa shape index (κ3) is 15.9. The standard InChI is InChI=1S/C35H48O8/c1-29-4-9-32(10-5-29)27-40-20-18-36-14-16-38-22-24-42-34-13-8-31(3)26-35(34)43-25-23-39-17-15-37-19-21-41-28-33-11-6-30(2)7-12-33/h4-13,26H,14-25,27-28H2,1-3H3. The molecule has 8 heteroatoms. The lowest BCUT2D eigenvalue weighted by molar-refractivity contribution is 0.00460. The quantitative estimate of drug-likeness (QED) is 0.119. The van der Waals surface area contributed by atoms with E-state index in [9.17, 15) is 0 Å². The fraction of sp³-hybridized carbons (Fsp3) is 0.486. The Balaban J connectivity index is 1.13. The zero-order valence-electron chi connectivity index (χ0n) is 26.0. The Bertz CT molecular complexity index is 1120. The van der Waals surface area contributed by atoms with Crippen molar-refractivity contribution in [2.45, 2.75) is 34.0 Å². The van der Waals surface area contributed by atoms with Crippen LogP contribution in [0.2, 0.25) is 0 Å². The Labute approximate surface area is 257 Å². The van der Waals surface area contributed by atoms with Gasteiger partial charge in [0.15, 0.2) is 11.5 Å². The zero-order chi connectivity index (χ0) is 30.4. The summed E-state index contributed by atoms with van der Waals surface area (Å²) >= 11 is 0. The molecular weight excluding hydrogens is 548 g/mol. The van der Waals surface area contributed by atoms with Gasteiger partial charge in [-0.05, 0) is 49.6 Å². The largest absolute Gasteiger partial charge is 0.487 e. The van der Waals surface area contributed by atoms with Crippen molar-refractivity contribution < 1.29 is 37.9 Å². The predicted octanol–water partition coefficient (Wildman–Crippen LogP) is 5.87. The van der Waals surface area contributed by atoms with Crippen LogP contribution in [0.4, 0.5) is 0 Å². The van der Waals surface area contributed by atoms with Crippen LogP contribution < -0.4 is 9.47 Å². The molecule has 0 aromatic heterocycles. The number of rotatable bonds is 24. The number of hydrogen-bond acceptors (Lipinski definition) is 8. The van der Waals surface area contributed by atoms with Crippen LogP contribution >= 0.6 is 0 Å². The van der Waals surface area contributed by atoms with Crippen molar-refractivity contribution in [3.63, 3.8) is 0 Å². The number of ether oxygens (including phenoxy) is 8. The van der Waals surface area contributed by atoms with Crippen LogP contribution in [0.1, 0.15) is 27.8 Å². The lowest BCUT2D eigenvalue weighted by atomic mass is 10.2. The van der Waals surface area contributed by atoms with Crippen LogP contribution in [0.5, 0.6) is 11.5 Å². The van der Waals surface area contributed by atoms with Crippen LogP contribution in [0.15, 0.2) is 66.7 Å². The van der Waals surface area contributed by atoms with E-state index in [1.165, 1.54) is 11.1 Å². The molecule has 0 fully saturated rings. The molecule has 0 atom stereocenters. The fourth-order valence-corrected chi connectivity index (χ4v) is 3.90. The maximum Gasteiger partial charge on any atom is 0.161 e. The molecule has 3 aromatic rings. The molecule has 0 radical (unpaired) electrons. The van der Waals surface area contributed by atoms with Gasteiger partial charge < -0.3 is 37.9 Å². The van der Waals surface area contributed by atoms with Gasteiger partial charge in [-0.25, -0.2) is 0 Å². The summed E-state index contributed by atoms with van der Waals surface area (Å²) in [5.74, 6) is 1.38. The predicted molar refractivity (Wildman–Crippen MR) is 167 cm³/mol. The molecule has 0 aliphatic carbocycles. The van der Waals surface area contributed by atoms with Gasteiger partial charge in [-0.2, -0.15) is 0 Å². The molecule has 0 aliphatic rings. The van der Waals surface area contributed by atoms with Crippen molar-refractivity contribution in [1.29, 1.82) is 0 Å². The highest BCUT2D eigenvalue weighted by Gasteiger charge is 2.06. The Morgan fingerprint density at radius 3 is 1.14 bits per heavy atom. The Hall–Kier alpha value is -2.98. The van der Waals surface area contributed by atoms with Crippen molar-refractivity contribution in [1.82, 2.24) is 0 Å². The lowest BCUT2D eigenvalue weighted by Crippen LogP contribution is -2.14. The van der Waals surface area contributed by atoms with Crippen molar-refractivity contribution in [2.24, 2.45) is 0 Å². The average Bonchev–Trinajstić information content (AvgIpc) is 3.01. The molecule has 0 bridgehead atoms. The second-order valence-corrected chi connectivity index (χ2v) is 10.2. The highest BCUT2D eigenvalue weighted by Crippen LogP contribution is 2.28. The SMILES string of the molecule is Cc1ccc(COCCOCCOCCOc2ccc(C)cc2OCCOCCOCCOCc2ccc(C)cc2)cc1. The zero-order valence-corrected chi connectivity index (χ0v) is 26.0. The molecule has 0 aliphatic heterocycles. The van der Waals surface area contributed by atoms with E-state index in [-0.39, 0.29) is 0 Å². The van der Waals surface area contributed by atoms with Crippen LogP contribution in [-0.4, -0.2) is 79.3 Å². The lowest BCUT2D eigenvalue weighted by Gasteiger charge is -2.14. The monoisotopic (exact) mass is 596 g/mol. The van der Waals surface area contributed by atoms with E-state index < -0.39 is 0 Å². The van der Waals surface area contributed by atoms with Crippen LogP contribution in [0.3, 0.4) is 0 Å². The topological polar surface area (TPSA) is 73.8 Å².